The molecule has 6 heteroatoms. The Labute approximate surface area is 121 Å². The largest absolute Gasteiger partial charge is 0.471 e. The van der Waals surface area contributed by atoms with E-state index in [2.05, 4.69) is 10.3 Å². The van der Waals surface area contributed by atoms with Crippen molar-refractivity contribution in [1.29, 1.82) is 0 Å². The van der Waals surface area contributed by atoms with Crippen molar-refractivity contribution in [3.63, 3.8) is 0 Å². The van der Waals surface area contributed by atoms with Crippen LogP contribution in [0.25, 0.3) is 0 Å². The maximum absolute atomic E-state index is 12.5. The number of halogens is 3. The van der Waals surface area contributed by atoms with Crippen molar-refractivity contribution in [3.8, 4) is 0 Å². The Hall–Kier alpha value is -1.56. The number of rotatable bonds is 2. The van der Waals surface area contributed by atoms with Crippen molar-refractivity contribution in [2.75, 3.05) is 19.6 Å². The predicted molar refractivity (Wildman–Crippen MR) is 73.2 cm³/mol. The lowest BCUT2D eigenvalue weighted by atomic mass is 9.98. The highest BCUT2D eigenvalue weighted by Gasteiger charge is 2.32. The van der Waals surface area contributed by atoms with Crippen LogP contribution < -0.4 is 5.32 Å². The minimum atomic E-state index is -4.30. The summed E-state index contributed by atoms with van der Waals surface area (Å²) < 4.78 is 43.5. The van der Waals surface area contributed by atoms with Gasteiger partial charge in [0.25, 0.3) is 0 Å². The smallest absolute Gasteiger partial charge is 0.416 e. The molecule has 1 fully saturated rings. The standard InChI is InChI=1S/C15H17F3N2O/c16-15(17,18)12-3-1-10(2-4-12)13-9-20-14(21-13)11-5-7-19-8-6-11/h1-4,11,13,19H,5-9H2. The van der Waals surface area contributed by atoms with Gasteiger partial charge in [-0.3, -0.25) is 4.99 Å². The molecular weight excluding hydrogens is 281 g/mol. The quantitative estimate of drug-likeness (QED) is 0.910. The number of benzene rings is 1. The molecule has 2 aliphatic heterocycles. The van der Waals surface area contributed by atoms with E-state index >= 15 is 0 Å². The summed E-state index contributed by atoms with van der Waals surface area (Å²) in [5.74, 6) is 1.10. The second-order valence-corrected chi connectivity index (χ2v) is 5.43. The molecule has 1 unspecified atom stereocenters. The fourth-order valence-electron chi connectivity index (χ4n) is 2.75. The van der Waals surface area contributed by atoms with Crippen molar-refractivity contribution >= 4 is 5.90 Å². The van der Waals surface area contributed by atoms with Crippen molar-refractivity contribution in [2.45, 2.75) is 25.1 Å². The van der Waals surface area contributed by atoms with E-state index in [-0.39, 0.29) is 6.10 Å². The third kappa shape index (κ3) is 3.20. The second kappa shape index (κ2) is 5.67. The first-order valence-corrected chi connectivity index (χ1v) is 7.13. The second-order valence-electron chi connectivity index (χ2n) is 5.43. The average Bonchev–Trinajstić information content (AvgIpc) is 2.97. The molecule has 2 heterocycles. The Bertz CT molecular complexity index is 519. The minimum Gasteiger partial charge on any atom is -0.471 e. The molecule has 0 aliphatic carbocycles. The van der Waals surface area contributed by atoms with Crippen molar-refractivity contribution in [3.05, 3.63) is 35.4 Å². The number of aliphatic imine (C=N–C) groups is 1. The van der Waals surface area contributed by atoms with E-state index in [0.717, 1.165) is 49.5 Å². The van der Waals surface area contributed by atoms with Gasteiger partial charge >= 0.3 is 6.18 Å². The predicted octanol–water partition coefficient (Wildman–Crippen LogP) is 3.17. The molecule has 3 nitrogen and oxygen atoms in total. The number of nitrogens with zero attached hydrogens (tertiary/aromatic N) is 1. The minimum absolute atomic E-state index is 0.253. The Morgan fingerprint density at radius 2 is 1.76 bits per heavy atom. The Morgan fingerprint density at radius 1 is 1.10 bits per heavy atom. The molecule has 114 valence electrons. The number of hydrogen-bond acceptors (Lipinski definition) is 3. The van der Waals surface area contributed by atoms with E-state index in [9.17, 15) is 13.2 Å². The fourth-order valence-corrected chi connectivity index (χ4v) is 2.75. The molecular formula is C15H17F3N2O. The van der Waals surface area contributed by atoms with Gasteiger partial charge in [-0.1, -0.05) is 12.1 Å². The molecule has 0 spiro atoms. The number of hydrogen-bond donors (Lipinski definition) is 1. The van der Waals surface area contributed by atoms with Gasteiger partial charge in [-0.15, -0.1) is 0 Å². The zero-order valence-electron chi connectivity index (χ0n) is 11.5. The van der Waals surface area contributed by atoms with E-state index in [4.69, 9.17) is 4.74 Å². The van der Waals surface area contributed by atoms with Crippen molar-refractivity contribution in [2.24, 2.45) is 10.9 Å². The summed E-state index contributed by atoms with van der Waals surface area (Å²) in [4.78, 5) is 4.43. The zero-order valence-corrected chi connectivity index (χ0v) is 11.5. The van der Waals surface area contributed by atoms with Gasteiger partial charge in [0.05, 0.1) is 12.1 Å². The van der Waals surface area contributed by atoms with Crippen LogP contribution >= 0.6 is 0 Å². The van der Waals surface area contributed by atoms with Crippen molar-refractivity contribution in [1.82, 2.24) is 5.32 Å². The van der Waals surface area contributed by atoms with Crippen LogP contribution in [0.4, 0.5) is 13.2 Å². The molecule has 0 radical (unpaired) electrons. The molecule has 0 aromatic heterocycles. The van der Waals surface area contributed by atoms with E-state index in [1.807, 2.05) is 0 Å². The number of nitrogens with one attached hydrogen (secondary N) is 1. The van der Waals surface area contributed by atoms with Gasteiger partial charge in [-0.25, -0.2) is 0 Å². The van der Waals surface area contributed by atoms with Gasteiger partial charge in [0.15, 0.2) is 5.90 Å². The molecule has 1 aromatic carbocycles. The normalized spacial score (nSPS) is 23.8. The Balaban J connectivity index is 1.64. The SMILES string of the molecule is FC(F)(F)c1ccc(C2CN=C(C3CCNCC3)O2)cc1. The number of alkyl halides is 3. The van der Waals surface area contributed by atoms with Gasteiger partial charge in [-0.05, 0) is 43.6 Å². The highest BCUT2D eigenvalue weighted by molar-refractivity contribution is 5.80. The molecule has 0 bridgehead atoms. The zero-order chi connectivity index (χ0) is 14.9. The first-order valence-electron chi connectivity index (χ1n) is 7.13. The number of ether oxygens (including phenoxy) is 1. The van der Waals surface area contributed by atoms with Crippen LogP contribution in [0, 0.1) is 5.92 Å². The summed E-state index contributed by atoms with van der Waals surface area (Å²) in [6.07, 6.45) is -2.56. The third-order valence-corrected chi connectivity index (χ3v) is 3.97. The fraction of sp³-hybridized carbons (Fsp3) is 0.533. The summed E-state index contributed by atoms with van der Waals surface area (Å²) in [5.41, 5.74) is 0.111. The van der Waals surface area contributed by atoms with Crippen LogP contribution in [0.3, 0.4) is 0 Å². The molecule has 1 atom stereocenters. The first kappa shape index (κ1) is 14.4. The Morgan fingerprint density at radius 3 is 2.38 bits per heavy atom. The molecule has 0 saturated carbocycles. The molecule has 3 rings (SSSR count). The van der Waals surface area contributed by atoms with Gasteiger partial charge < -0.3 is 10.1 Å². The maximum Gasteiger partial charge on any atom is 0.416 e. The first-order chi connectivity index (χ1) is 10.0. The van der Waals surface area contributed by atoms with Gasteiger partial charge in [0, 0.05) is 5.92 Å². The summed E-state index contributed by atoms with van der Waals surface area (Å²) in [7, 11) is 0. The molecule has 0 amide bonds. The van der Waals surface area contributed by atoms with Crippen LogP contribution in [0.5, 0.6) is 0 Å². The van der Waals surface area contributed by atoms with E-state index < -0.39 is 11.7 Å². The monoisotopic (exact) mass is 298 g/mol. The lowest BCUT2D eigenvalue weighted by molar-refractivity contribution is -0.137. The van der Waals surface area contributed by atoms with Crippen LogP contribution in [0.2, 0.25) is 0 Å². The van der Waals surface area contributed by atoms with Gasteiger partial charge in [0.1, 0.15) is 6.10 Å². The van der Waals surface area contributed by atoms with Gasteiger partial charge in [0.2, 0.25) is 0 Å². The lowest BCUT2D eigenvalue weighted by Gasteiger charge is -2.23. The lowest BCUT2D eigenvalue weighted by Crippen LogP contribution is -2.32. The van der Waals surface area contributed by atoms with Crippen LogP contribution in [0.1, 0.15) is 30.1 Å². The van der Waals surface area contributed by atoms with Crippen LogP contribution in [-0.2, 0) is 10.9 Å². The van der Waals surface area contributed by atoms with Crippen molar-refractivity contribution < 1.29 is 17.9 Å². The summed E-state index contributed by atoms with van der Waals surface area (Å²) in [5, 5.41) is 3.28. The maximum atomic E-state index is 12.5. The molecule has 21 heavy (non-hydrogen) atoms. The van der Waals surface area contributed by atoms with E-state index in [1.54, 1.807) is 0 Å². The highest BCUT2D eigenvalue weighted by atomic mass is 19.4. The molecule has 1 saturated heterocycles. The average molecular weight is 298 g/mol. The third-order valence-electron chi connectivity index (χ3n) is 3.97. The molecule has 1 N–H and O–H groups in total. The topological polar surface area (TPSA) is 33.6 Å². The molecule has 2 aliphatic rings. The summed E-state index contributed by atoms with van der Waals surface area (Å²) in [6.45, 7) is 2.40. The Kier molecular flexibility index (Phi) is 3.89. The summed E-state index contributed by atoms with van der Waals surface area (Å²) >= 11 is 0. The van der Waals surface area contributed by atoms with Crippen LogP contribution in [0.15, 0.2) is 29.3 Å². The van der Waals surface area contributed by atoms with Crippen LogP contribution in [-0.4, -0.2) is 25.5 Å². The molecule has 1 aromatic rings. The van der Waals surface area contributed by atoms with E-state index in [0.29, 0.717) is 12.5 Å². The highest BCUT2D eigenvalue weighted by Crippen LogP contribution is 2.32. The summed E-state index contributed by atoms with van der Waals surface area (Å²) in [6, 6.07) is 5.16. The number of piperidine rings is 1. The van der Waals surface area contributed by atoms with E-state index in [1.165, 1.54) is 12.1 Å². The van der Waals surface area contributed by atoms with Gasteiger partial charge in [-0.2, -0.15) is 13.2 Å².